The Morgan fingerprint density at radius 1 is 0.875 bits per heavy atom. The number of hydrogen-bond acceptors (Lipinski definition) is 5. The molecule has 0 aromatic carbocycles. The molecule has 24 heavy (non-hydrogen) atoms. The normalized spacial score (nSPS) is 15.7. The number of carbonyl (C=O) groups excluding carboxylic acids is 1. The highest BCUT2D eigenvalue weighted by Gasteiger charge is 2.44. The van der Waals surface area contributed by atoms with Crippen LogP contribution < -0.4 is 0 Å². The first-order valence-corrected chi connectivity index (χ1v) is 20.6. The lowest BCUT2D eigenvalue weighted by Gasteiger charge is -2.41. The van der Waals surface area contributed by atoms with Crippen LogP contribution in [0.2, 0.25) is 65.0 Å². The van der Waals surface area contributed by atoms with E-state index in [1.807, 2.05) is 0 Å². The van der Waals surface area contributed by atoms with Crippen LogP contribution in [0.4, 0.5) is 0 Å². The SMILES string of the molecule is C=CC(=O)OCCC[Si](C)(O[Si](C)(C)C)O[Si](C)(C)O[Si](C)(C)C. The minimum Gasteiger partial charge on any atom is -0.463 e. The fourth-order valence-electron chi connectivity index (χ4n) is 2.67. The summed E-state index contributed by atoms with van der Waals surface area (Å²) in [5.74, 6) is -0.387. The van der Waals surface area contributed by atoms with Gasteiger partial charge >= 0.3 is 23.1 Å². The van der Waals surface area contributed by atoms with Crippen molar-refractivity contribution in [2.45, 2.75) is 71.4 Å². The van der Waals surface area contributed by atoms with Gasteiger partial charge in [0.1, 0.15) is 0 Å². The van der Waals surface area contributed by atoms with Gasteiger partial charge in [-0.3, -0.25) is 0 Å². The molecule has 0 radical (unpaired) electrons. The van der Waals surface area contributed by atoms with Gasteiger partial charge in [0.05, 0.1) is 6.61 Å². The van der Waals surface area contributed by atoms with Gasteiger partial charge in [-0.05, 0) is 71.4 Å². The molecule has 1 atom stereocenters. The molecule has 0 aliphatic rings. The zero-order valence-corrected chi connectivity index (χ0v) is 20.9. The highest BCUT2D eigenvalue weighted by Crippen LogP contribution is 2.27. The van der Waals surface area contributed by atoms with E-state index in [0.717, 1.165) is 12.5 Å². The molecule has 0 saturated carbocycles. The molecular formula is C15H36O5Si4. The number of ether oxygens (including phenoxy) is 1. The van der Waals surface area contributed by atoms with Crippen molar-refractivity contribution in [3.8, 4) is 0 Å². The monoisotopic (exact) mass is 408 g/mol. The summed E-state index contributed by atoms with van der Waals surface area (Å²) in [5, 5.41) is 0. The van der Waals surface area contributed by atoms with Gasteiger partial charge in [0.15, 0.2) is 16.6 Å². The number of rotatable bonds is 11. The van der Waals surface area contributed by atoms with Crippen LogP contribution in [0.1, 0.15) is 6.42 Å². The Balaban J connectivity index is 4.94. The second-order valence-corrected chi connectivity index (χ2v) is 25.0. The standard InChI is InChI=1S/C15H36O5Si4/c1-11-15(16)17-13-12-14-24(10,19-22(5,6)7)20-23(8,9)18-21(2,3)4/h11H,1,12-14H2,2-10H3. The Labute approximate surface area is 152 Å². The van der Waals surface area contributed by atoms with E-state index in [4.69, 9.17) is 17.1 Å². The van der Waals surface area contributed by atoms with Gasteiger partial charge in [-0.1, -0.05) is 6.58 Å². The van der Waals surface area contributed by atoms with Gasteiger partial charge in [0.2, 0.25) is 0 Å². The van der Waals surface area contributed by atoms with Crippen molar-refractivity contribution in [1.82, 2.24) is 0 Å². The van der Waals surface area contributed by atoms with Gasteiger partial charge in [-0.25, -0.2) is 4.79 Å². The zero-order chi connectivity index (χ0) is 19.2. The fourth-order valence-corrected chi connectivity index (χ4v) is 20.6. The van der Waals surface area contributed by atoms with E-state index in [1.54, 1.807) is 0 Å². The third kappa shape index (κ3) is 12.3. The van der Waals surface area contributed by atoms with E-state index in [0.29, 0.717) is 6.61 Å². The van der Waals surface area contributed by atoms with Crippen LogP contribution >= 0.6 is 0 Å². The zero-order valence-electron chi connectivity index (χ0n) is 16.9. The molecule has 5 nitrogen and oxygen atoms in total. The Kier molecular flexibility index (Phi) is 9.04. The van der Waals surface area contributed by atoms with Crippen LogP contribution in [0.15, 0.2) is 12.7 Å². The molecule has 0 N–H and O–H groups in total. The van der Waals surface area contributed by atoms with E-state index in [2.05, 4.69) is 65.5 Å². The van der Waals surface area contributed by atoms with Crippen molar-refractivity contribution in [2.75, 3.05) is 6.61 Å². The molecule has 1 unspecified atom stereocenters. The van der Waals surface area contributed by atoms with E-state index < -0.39 is 33.8 Å². The first-order chi connectivity index (χ1) is 10.6. The molecule has 0 aliphatic carbocycles. The topological polar surface area (TPSA) is 54.0 Å². The predicted molar refractivity (Wildman–Crippen MR) is 110 cm³/mol. The molecule has 9 heteroatoms. The highest BCUT2D eigenvalue weighted by molar-refractivity contribution is 6.89. The van der Waals surface area contributed by atoms with Gasteiger partial charge in [-0.2, -0.15) is 0 Å². The Morgan fingerprint density at radius 2 is 1.38 bits per heavy atom. The predicted octanol–water partition coefficient (Wildman–Crippen LogP) is 4.60. The quantitative estimate of drug-likeness (QED) is 0.216. The van der Waals surface area contributed by atoms with E-state index in [9.17, 15) is 4.79 Å². The van der Waals surface area contributed by atoms with Crippen molar-refractivity contribution in [2.24, 2.45) is 0 Å². The maximum Gasteiger partial charge on any atom is 0.330 e. The molecular weight excluding hydrogens is 373 g/mol. The summed E-state index contributed by atoms with van der Waals surface area (Å²) in [7, 11) is -8.09. The maximum atomic E-state index is 11.2. The Morgan fingerprint density at radius 3 is 1.79 bits per heavy atom. The lowest BCUT2D eigenvalue weighted by molar-refractivity contribution is -0.137. The van der Waals surface area contributed by atoms with Crippen LogP contribution in [-0.4, -0.2) is 46.3 Å². The van der Waals surface area contributed by atoms with Crippen molar-refractivity contribution < 1.29 is 21.9 Å². The van der Waals surface area contributed by atoms with Crippen molar-refractivity contribution in [3.63, 3.8) is 0 Å². The third-order valence-corrected chi connectivity index (χ3v) is 16.3. The van der Waals surface area contributed by atoms with Crippen molar-refractivity contribution in [3.05, 3.63) is 12.7 Å². The van der Waals surface area contributed by atoms with E-state index in [1.165, 1.54) is 6.08 Å². The van der Waals surface area contributed by atoms with Crippen LogP contribution in [0.25, 0.3) is 0 Å². The van der Waals surface area contributed by atoms with Gasteiger partial charge in [0, 0.05) is 6.08 Å². The smallest absolute Gasteiger partial charge is 0.330 e. The molecule has 0 rings (SSSR count). The average Bonchev–Trinajstić information content (AvgIpc) is 2.27. The van der Waals surface area contributed by atoms with Gasteiger partial charge in [0.25, 0.3) is 0 Å². The lowest BCUT2D eigenvalue weighted by atomic mass is 10.5. The van der Waals surface area contributed by atoms with Crippen LogP contribution in [0.3, 0.4) is 0 Å². The minimum atomic E-state index is -2.40. The van der Waals surface area contributed by atoms with Gasteiger partial charge in [-0.15, -0.1) is 0 Å². The van der Waals surface area contributed by atoms with E-state index in [-0.39, 0.29) is 5.97 Å². The Hall–Kier alpha value is -0.0425. The Bertz CT molecular complexity index is 429. The third-order valence-electron chi connectivity index (χ3n) is 2.72. The number of esters is 1. The van der Waals surface area contributed by atoms with Crippen LogP contribution in [0, 0.1) is 0 Å². The second kappa shape index (κ2) is 9.06. The maximum absolute atomic E-state index is 11.2. The number of carbonyl (C=O) groups is 1. The first kappa shape index (κ1) is 24.0. The molecule has 0 heterocycles. The summed E-state index contributed by atoms with van der Waals surface area (Å²) in [6.45, 7) is 23.1. The van der Waals surface area contributed by atoms with Crippen molar-refractivity contribution in [1.29, 1.82) is 0 Å². The minimum absolute atomic E-state index is 0.364. The fraction of sp³-hybridized carbons (Fsp3) is 0.800. The summed E-state index contributed by atoms with van der Waals surface area (Å²) in [4.78, 5) is 11.2. The summed E-state index contributed by atoms with van der Waals surface area (Å²) in [6, 6.07) is 0.785. The lowest BCUT2D eigenvalue weighted by Crippen LogP contribution is -2.56. The molecule has 142 valence electrons. The van der Waals surface area contributed by atoms with Crippen LogP contribution in [-0.2, 0) is 21.9 Å². The summed E-state index contributed by atoms with van der Waals surface area (Å²) < 4.78 is 24.4. The molecule has 0 aromatic heterocycles. The van der Waals surface area contributed by atoms with Crippen molar-refractivity contribution >= 4 is 39.7 Å². The molecule has 0 aromatic rings. The second-order valence-electron chi connectivity index (χ2n) is 8.54. The molecule has 0 bridgehead atoms. The van der Waals surface area contributed by atoms with Gasteiger partial charge < -0.3 is 17.1 Å². The molecule has 0 fully saturated rings. The summed E-state index contributed by atoms with van der Waals surface area (Å²) in [5.41, 5.74) is 0. The van der Waals surface area contributed by atoms with E-state index >= 15 is 0 Å². The molecule has 0 spiro atoms. The first-order valence-electron chi connectivity index (χ1n) is 8.47. The van der Waals surface area contributed by atoms with Crippen LogP contribution in [0.5, 0.6) is 0 Å². The highest BCUT2D eigenvalue weighted by atomic mass is 28.5. The summed E-state index contributed by atoms with van der Waals surface area (Å²) >= 11 is 0. The average molecular weight is 409 g/mol. The summed E-state index contributed by atoms with van der Waals surface area (Å²) in [6.07, 6.45) is 1.91. The number of hydrogen-bond donors (Lipinski definition) is 0. The molecule has 0 aliphatic heterocycles. The largest absolute Gasteiger partial charge is 0.463 e. The molecule has 0 amide bonds. The molecule has 0 saturated heterocycles.